The van der Waals surface area contributed by atoms with E-state index in [-0.39, 0.29) is 0 Å². The molecule has 2 rings (SSSR count). The lowest BCUT2D eigenvalue weighted by atomic mass is 10.1. The first kappa shape index (κ1) is 14.5. The summed E-state index contributed by atoms with van der Waals surface area (Å²) in [5.74, 6) is -1.21. The predicted molar refractivity (Wildman–Crippen MR) is 75.3 cm³/mol. The molecule has 0 fully saturated rings. The van der Waals surface area contributed by atoms with Crippen LogP contribution in [0, 0.1) is 11.6 Å². The van der Waals surface area contributed by atoms with Crippen LogP contribution in [0.2, 0.25) is 0 Å². The summed E-state index contributed by atoms with van der Waals surface area (Å²) >= 11 is 4.50. The normalized spacial score (nSPS) is 12.5. The highest BCUT2D eigenvalue weighted by atomic mass is 79.9. The maximum absolute atomic E-state index is 13.6. The summed E-state index contributed by atoms with van der Waals surface area (Å²) in [6, 6.07) is 8.84. The van der Waals surface area contributed by atoms with Gasteiger partial charge in [-0.05, 0) is 36.8 Å². The molecule has 0 aromatic heterocycles. The van der Waals surface area contributed by atoms with Gasteiger partial charge in [0.2, 0.25) is 0 Å². The molecule has 1 N–H and O–H groups in total. The molecule has 5 heteroatoms. The fourth-order valence-electron chi connectivity index (χ4n) is 1.62. The van der Waals surface area contributed by atoms with Gasteiger partial charge in [-0.2, -0.15) is 0 Å². The van der Waals surface area contributed by atoms with E-state index in [1.807, 2.05) is 6.07 Å². The Hall–Kier alpha value is -0.910. The van der Waals surface area contributed by atoms with Gasteiger partial charge in [0.05, 0.1) is 6.10 Å². The maximum Gasteiger partial charge on any atom is 0.140 e. The molecule has 19 heavy (non-hydrogen) atoms. The number of halogens is 3. The van der Waals surface area contributed by atoms with Crippen LogP contribution in [-0.2, 0) is 0 Å². The largest absolute Gasteiger partial charge is 0.389 e. The Morgan fingerprint density at radius 3 is 2.47 bits per heavy atom. The first-order valence-electron chi connectivity index (χ1n) is 5.58. The van der Waals surface area contributed by atoms with Crippen LogP contribution in [-0.4, -0.2) is 5.11 Å². The van der Waals surface area contributed by atoms with Gasteiger partial charge in [-0.3, -0.25) is 0 Å². The summed E-state index contributed by atoms with van der Waals surface area (Å²) in [6.45, 7) is 1.65. The predicted octanol–water partition coefficient (Wildman–Crippen LogP) is 4.93. The number of hydrogen-bond donors (Lipinski definition) is 1. The number of rotatable bonds is 3. The van der Waals surface area contributed by atoms with Crippen molar-refractivity contribution in [2.24, 2.45) is 0 Å². The van der Waals surface area contributed by atoms with E-state index < -0.39 is 17.7 Å². The van der Waals surface area contributed by atoms with Crippen molar-refractivity contribution in [1.29, 1.82) is 0 Å². The Kier molecular flexibility index (Phi) is 4.60. The molecule has 2 aromatic rings. The molecule has 1 atom stereocenters. The third-order valence-corrected chi connectivity index (χ3v) is 4.16. The van der Waals surface area contributed by atoms with E-state index in [1.165, 1.54) is 12.1 Å². The first-order valence-corrected chi connectivity index (χ1v) is 7.18. The van der Waals surface area contributed by atoms with Gasteiger partial charge in [0, 0.05) is 20.3 Å². The van der Waals surface area contributed by atoms with Crippen LogP contribution in [0.15, 0.2) is 50.7 Å². The fourth-order valence-corrected chi connectivity index (χ4v) is 3.20. The van der Waals surface area contributed by atoms with E-state index in [0.29, 0.717) is 10.5 Å². The van der Waals surface area contributed by atoms with Gasteiger partial charge in [-0.1, -0.05) is 33.8 Å². The zero-order valence-electron chi connectivity index (χ0n) is 10.0. The third-order valence-electron chi connectivity index (χ3n) is 2.54. The minimum atomic E-state index is -0.654. The van der Waals surface area contributed by atoms with Crippen molar-refractivity contribution in [3.8, 4) is 0 Å². The minimum absolute atomic E-state index is 0.321. The number of benzene rings is 2. The van der Waals surface area contributed by atoms with Crippen molar-refractivity contribution in [1.82, 2.24) is 0 Å². The van der Waals surface area contributed by atoms with Crippen LogP contribution < -0.4 is 0 Å². The highest BCUT2D eigenvalue weighted by molar-refractivity contribution is 9.10. The lowest BCUT2D eigenvalue weighted by Crippen LogP contribution is -1.94. The summed E-state index contributed by atoms with van der Waals surface area (Å²) in [5, 5.41) is 9.70. The van der Waals surface area contributed by atoms with Crippen LogP contribution in [0.1, 0.15) is 18.6 Å². The molecular weight excluding hydrogens is 334 g/mol. The molecular formula is C14H11BrF2OS. The molecule has 0 spiro atoms. The molecule has 100 valence electrons. The first-order chi connectivity index (χ1) is 8.97. The monoisotopic (exact) mass is 344 g/mol. The van der Waals surface area contributed by atoms with E-state index in [4.69, 9.17) is 0 Å². The molecule has 0 saturated heterocycles. The Balaban J connectivity index is 2.39. The number of aliphatic hydroxyl groups excluding tert-OH is 1. The van der Waals surface area contributed by atoms with Gasteiger partial charge in [-0.15, -0.1) is 0 Å². The Morgan fingerprint density at radius 1 is 1.11 bits per heavy atom. The SMILES string of the molecule is CC(O)c1ccc(Br)cc1Sc1ccc(F)cc1F. The van der Waals surface area contributed by atoms with Crippen LogP contribution in [0.4, 0.5) is 8.78 Å². The van der Waals surface area contributed by atoms with Crippen molar-refractivity contribution >= 4 is 27.7 Å². The van der Waals surface area contributed by atoms with Gasteiger partial charge in [0.25, 0.3) is 0 Å². The molecule has 1 unspecified atom stereocenters. The van der Waals surface area contributed by atoms with E-state index in [2.05, 4.69) is 15.9 Å². The highest BCUT2D eigenvalue weighted by Gasteiger charge is 2.12. The van der Waals surface area contributed by atoms with Crippen LogP contribution >= 0.6 is 27.7 Å². The van der Waals surface area contributed by atoms with Gasteiger partial charge in [0.15, 0.2) is 0 Å². The van der Waals surface area contributed by atoms with Crippen LogP contribution in [0.25, 0.3) is 0 Å². The van der Waals surface area contributed by atoms with E-state index in [0.717, 1.165) is 27.2 Å². The van der Waals surface area contributed by atoms with Crippen molar-refractivity contribution in [2.45, 2.75) is 22.8 Å². The standard InChI is InChI=1S/C14H11BrF2OS/c1-8(18)11-4-2-9(15)6-14(11)19-13-5-3-10(16)7-12(13)17/h2-8,18H,1H3. The quantitative estimate of drug-likeness (QED) is 0.851. The van der Waals surface area contributed by atoms with Crippen molar-refractivity contribution in [2.75, 3.05) is 0 Å². The summed E-state index contributed by atoms with van der Waals surface area (Å²) in [4.78, 5) is 1.05. The molecule has 2 aromatic carbocycles. The van der Waals surface area contributed by atoms with Gasteiger partial charge >= 0.3 is 0 Å². The Bertz CT molecular complexity index is 602. The van der Waals surface area contributed by atoms with E-state index >= 15 is 0 Å². The van der Waals surface area contributed by atoms with Crippen LogP contribution in [0.5, 0.6) is 0 Å². The molecule has 0 amide bonds. The lowest BCUT2D eigenvalue weighted by Gasteiger charge is -2.12. The molecule has 1 nitrogen and oxygen atoms in total. The summed E-state index contributed by atoms with van der Waals surface area (Å²) in [5.41, 5.74) is 0.705. The second-order valence-corrected chi connectivity index (χ2v) is 6.03. The molecule has 0 saturated carbocycles. The number of hydrogen-bond acceptors (Lipinski definition) is 2. The van der Waals surface area contributed by atoms with Gasteiger partial charge in [0.1, 0.15) is 11.6 Å². The zero-order chi connectivity index (χ0) is 14.0. The van der Waals surface area contributed by atoms with Crippen molar-refractivity contribution < 1.29 is 13.9 Å². The lowest BCUT2D eigenvalue weighted by molar-refractivity contribution is 0.196. The molecule has 0 aliphatic rings. The molecule has 0 aliphatic carbocycles. The zero-order valence-corrected chi connectivity index (χ0v) is 12.4. The van der Waals surface area contributed by atoms with E-state index in [1.54, 1.807) is 19.1 Å². The Labute approximate surface area is 122 Å². The second-order valence-electron chi connectivity index (χ2n) is 4.03. The van der Waals surface area contributed by atoms with Crippen molar-refractivity contribution in [3.05, 3.63) is 58.1 Å². The molecule has 0 radical (unpaired) electrons. The highest BCUT2D eigenvalue weighted by Crippen LogP contribution is 2.36. The topological polar surface area (TPSA) is 20.2 Å². The minimum Gasteiger partial charge on any atom is -0.389 e. The van der Waals surface area contributed by atoms with E-state index in [9.17, 15) is 13.9 Å². The summed E-state index contributed by atoms with van der Waals surface area (Å²) in [6.07, 6.45) is -0.654. The second kappa shape index (κ2) is 6.03. The summed E-state index contributed by atoms with van der Waals surface area (Å²) < 4.78 is 27.3. The molecule has 0 bridgehead atoms. The Morgan fingerprint density at radius 2 is 1.84 bits per heavy atom. The molecule has 0 heterocycles. The molecule has 0 aliphatic heterocycles. The summed E-state index contributed by atoms with van der Waals surface area (Å²) in [7, 11) is 0. The maximum atomic E-state index is 13.6. The van der Waals surface area contributed by atoms with Gasteiger partial charge in [-0.25, -0.2) is 8.78 Å². The smallest absolute Gasteiger partial charge is 0.140 e. The van der Waals surface area contributed by atoms with Gasteiger partial charge < -0.3 is 5.11 Å². The number of aliphatic hydroxyl groups is 1. The average molecular weight is 345 g/mol. The van der Waals surface area contributed by atoms with Crippen molar-refractivity contribution in [3.63, 3.8) is 0 Å². The fraction of sp³-hybridized carbons (Fsp3) is 0.143. The van der Waals surface area contributed by atoms with Crippen LogP contribution in [0.3, 0.4) is 0 Å². The average Bonchev–Trinajstić information content (AvgIpc) is 2.32. The third kappa shape index (κ3) is 3.55.